The fourth-order valence-corrected chi connectivity index (χ4v) is 5.83. The van der Waals surface area contributed by atoms with Gasteiger partial charge in [-0.3, -0.25) is 0 Å². The van der Waals surface area contributed by atoms with Gasteiger partial charge in [-0.25, -0.2) is 31.3 Å². The van der Waals surface area contributed by atoms with Crippen LogP contribution in [-0.4, -0.2) is 64.5 Å². The van der Waals surface area contributed by atoms with Crippen LogP contribution in [0.1, 0.15) is 16.8 Å². The van der Waals surface area contributed by atoms with Gasteiger partial charge in [-0.2, -0.15) is 22.6 Å². The van der Waals surface area contributed by atoms with Gasteiger partial charge in [0.25, 0.3) is 0 Å². The summed E-state index contributed by atoms with van der Waals surface area (Å²) in [6.45, 7) is 1.61. The van der Waals surface area contributed by atoms with Gasteiger partial charge in [-0.05, 0) is 25.0 Å². The number of phenolic OH excluding ortho intramolecular Hbond substituents is 1. The number of benzene rings is 2. The Morgan fingerprint density at radius 1 is 1.05 bits per heavy atom. The Hall–Kier alpha value is -3.85. The summed E-state index contributed by atoms with van der Waals surface area (Å²) in [6.07, 6.45) is -3.83. The number of hydrogen-bond acceptors (Lipinski definition) is 6. The van der Waals surface area contributed by atoms with E-state index in [0.29, 0.717) is 11.1 Å². The lowest BCUT2D eigenvalue weighted by molar-refractivity contribution is -0.140. The van der Waals surface area contributed by atoms with Crippen LogP contribution in [0.3, 0.4) is 0 Å². The summed E-state index contributed by atoms with van der Waals surface area (Å²) < 4.78 is 111. The van der Waals surface area contributed by atoms with Crippen LogP contribution >= 0.6 is 0 Å². The van der Waals surface area contributed by atoms with Crippen molar-refractivity contribution in [3.8, 4) is 11.4 Å². The van der Waals surface area contributed by atoms with Crippen LogP contribution in [0, 0.1) is 24.4 Å². The number of alkyl halides is 3. The van der Waals surface area contributed by atoms with Crippen molar-refractivity contribution in [3.63, 3.8) is 0 Å². The normalized spacial score (nSPS) is 17.0. The Labute approximate surface area is 230 Å². The molecule has 1 aliphatic heterocycles. The molecule has 0 saturated carbocycles. The van der Waals surface area contributed by atoms with E-state index in [9.17, 15) is 35.5 Å². The second kappa shape index (κ2) is 10.2. The highest BCUT2D eigenvalue weighted by molar-refractivity contribution is 7.88. The van der Waals surface area contributed by atoms with E-state index in [1.54, 1.807) is 4.90 Å². The van der Waals surface area contributed by atoms with Gasteiger partial charge in [0.2, 0.25) is 10.0 Å². The largest absolute Gasteiger partial charge is 0.503 e. The standard InChI is InChI=1S/C26H23F6N5O3S/c1-14-23-20(37(34-14)19-11-17(26(30,31)32)21(28)24(38)22(19)29)12-18(27)25(33-23)36-9-8-35(41(2,39)40)13-16(36)10-15-6-4-3-5-7-15/h3-7,11-12,16,38H,8-10,13H2,1-2H3/t16-/m1/s1. The molecule has 2 aromatic heterocycles. The smallest absolute Gasteiger partial charge is 0.419 e. The van der Waals surface area contributed by atoms with E-state index in [1.807, 2.05) is 30.3 Å². The van der Waals surface area contributed by atoms with E-state index >= 15 is 4.39 Å². The van der Waals surface area contributed by atoms with Gasteiger partial charge in [-0.1, -0.05) is 30.3 Å². The number of anilines is 1. The highest BCUT2D eigenvalue weighted by Crippen LogP contribution is 2.39. The monoisotopic (exact) mass is 599 g/mol. The highest BCUT2D eigenvalue weighted by Gasteiger charge is 2.38. The van der Waals surface area contributed by atoms with Crippen molar-refractivity contribution < 1.29 is 39.9 Å². The minimum absolute atomic E-state index is 0.0159. The molecule has 15 heteroatoms. The zero-order valence-electron chi connectivity index (χ0n) is 21.6. The number of pyridine rings is 1. The number of halogens is 6. The number of piperazine rings is 1. The first-order valence-corrected chi connectivity index (χ1v) is 14.1. The van der Waals surface area contributed by atoms with Crippen molar-refractivity contribution in [2.75, 3.05) is 30.8 Å². The lowest BCUT2D eigenvalue weighted by Gasteiger charge is -2.41. The van der Waals surface area contributed by atoms with Gasteiger partial charge < -0.3 is 10.0 Å². The summed E-state index contributed by atoms with van der Waals surface area (Å²) in [5, 5.41) is 13.7. The molecule has 0 spiro atoms. The number of phenols is 1. The van der Waals surface area contributed by atoms with Crippen LogP contribution in [-0.2, 0) is 22.6 Å². The predicted molar refractivity (Wildman–Crippen MR) is 138 cm³/mol. The lowest BCUT2D eigenvalue weighted by Crippen LogP contribution is -2.56. The molecule has 0 aliphatic carbocycles. The van der Waals surface area contributed by atoms with Crippen LogP contribution in [0.15, 0.2) is 42.5 Å². The third-order valence-corrected chi connectivity index (χ3v) is 8.22. The molecule has 3 heterocycles. The first-order chi connectivity index (χ1) is 19.2. The lowest BCUT2D eigenvalue weighted by atomic mass is 10.0. The number of aromatic hydroxyl groups is 1. The molecule has 218 valence electrons. The van der Waals surface area contributed by atoms with E-state index in [-0.39, 0.29) is 48.2 Å². The van der Waals surface area contributed by atoms with Gasteiger partial charge in [0.05, 0.1) is 23.0 Å². The zero-order chi connectivity index (χ0) is 29.9. The van der Waals surface area contributed by atoms with Crippen molar-refractivity contribution in [1.82, 2.24) is 19.1 Å². The number of aromatic nitrogens is 3. The van der Waals surface area contributed by atoms with Crippen LogP contribution in [0.5, 0.6) is 5.75 Å². The maximum absolute atomic E-state index is 15.7. The van der Waals surface area contributed by atoms with Gasteiger partial charge >= 0.3 is 6.18 Å². The Bertz CT molecular complexity index is 1740. The first-order valence-electron chi connectivity index (χ1n) is 12.3. The minimum Gasteiger partial charge on any atom is -0.503 e. The molecule has 8 nitrogen and oxygen atoms in total. The molecule has 1 atom stereocenters. The third kappa shape index (κ3) is 5.30. The van der Waals surface area contributed by atoms with Gasteiger partial charge in [0, 0.05) is 31.7 Å². The molecule has 1 saturated heterocycles. The predicted octanol–water partition coefficient (Wildman–Crippen LogP) is 4.56. The van der Waals surface area contributed by atoms with Crippen LogP contribution in [0.2, 0.25) is 0 Å². The number of sulfonamides is 1. The molecule has 0 amide bonds. The van der Waals surface area contributed by atoms with Gasteiger partial charge in [-0.15, -0.1) is 0 Å². The number of hydrogen-bond donors (Lipinski definition) is 1. The van der Waals surface area contributed by atoms with Crippen molar-refractivity contribution in [3.05, 3.63) is 76.7 Å². The molecular weight excluding hydrogens is 576 g/mol. The molecule has 1 aliphatic rings. The summed E-state index contributed by atoms with van der Waals surface area (Å²) in [5.41, 5.74) is -2.13. The molecular formula is C26H23F6N5O3S. The maximum Gasteiger partial charge on any atom is 0.419 e. The Morgan fingerprint density at radius 2 is 1.73 bits per heavy atom. The summed E-state index contributed by atoms with van der Waals surface area (Å²) in [7, 11) is -3.54. The molecule has 0 unspecified atom stereocenters. The average Bonchev–Trinajstić information content (AvgIpc) is 3.21. The Kier molecular flexibility index (Phi) is 7.14. The molecule has 1 fully saturated rings. The van der Waals surface area contributed by atoms with E-state index < -0.39 is 56.7 Å². The van der Waals surface area contributed by atoms with E-state index in [2.05, 4.69) is 10.1 Å². The molecule has 0 bridgehead atoms. The SMILES string of the molecule is Cc1nn(-c2cc(C(F)(F)F)c(F)c(O)c2F)c2cc(F)c(N3CCN(S(C)(=O)=O)C[C@H]3Cc3ccccc3)nc12. The summed E-state index contributed by atoms with van der Waals surface area (Å²) in [5.74, 6) is -6.82. The van der Waals surface area contributed by atoms with Crippen LogP contribution < -0.4 is 4.90 Å². The summed E-state index contributed by atoms with van der Waals surface area (Å²) >= 11 is 0. The number of aryl methyl sites for hydroxylation is 1. The minimum atomic E-state index is -5.26. The molecule has 41 heavy (non-hydrogen) atoms. The van der Waals surface area contributed by atoms with Crippen molar-refractivity contribution in [2.45, 2.75) is 25.6 Å². The quantitative estimate of drug-likeness (QED) is 0.339. The van der Waals surface area contributed by atoms with Gasteiger partial charge in [0.15, 0.2) is 29.0 Å². The van der Waals surface area contributed by atoms with Crippen LogP contribution in [0.25, 0.3) is 16.7 Å². The fourth-order valence-electron chi connectivity index (χ4n) is 4.97. The van der Waals surface area contributed by atoms with Crippen LogP contribution in [0.4, 0.5) is 32.2 Å². The Balaban J connectivity index is 1.62. The Morgan fingerprint density at radius 3 is 2.37 bits per heavy atom. The molecule has 1 N–H and O–H groups in total. The maximum atomic E-state index is 15.7. The number of fused-ring (bicyclic) bond motifs is 1. The molecule has 2 aromatic carbocycles. The summed E-state index contributed by atoms with van der Waals surface area (Å²) in [4.78, 5) is 6.00. The van der Waals surface area contributed by atoms with Crippen molar-refractivity contribution >= 4 is 26.9 Å². The number of nitrogens with zero attached hydrogens (tertiary/aromatic N) is 5. The van der Waals surface area contributed by atoms with E-state index in [0.717, 1.165) is 17.9 Å². The van der Waals surface area contributed by atoms with E-state index in [4.69, 9.17) is 0 Å². The molecule has 4 aromatic rings. The number of rotatable bonds is 5. The van der Waals surface area contributed by atoms with E-state index in [1.165, 1.54) is 11.2 Å². The first kappa shape index (κ1) is 28.7. The fraction of sp³-hybridized carbons (Fsp3) is 0.308. The topological polar surface area (TPSA) is 91.6 Å². The molecule has 0 radical (unpaired) electrons. The van der Waals surface area contributed by atoms with Crippen molar-refractivity contribution in [1.29, 1.82) is 0 Å². The second-order valence-electron chi connectivity index (χ2n) is 9.73. The summed E-state index contributed by atoms with van der Waals surface area (Å²) in [6, 6.07) is 9.67. The average molecular weight is 600 g/mol. The second-order valence-corrected chi connectivity index (χ2v) is 11.7. The third-order valence-electron chi connectivity index (χ3n) is 6.95. The molecule has 5 rings (SSSR count). The highest BCUT2D eigenvalue weighted by atomic mass is 32.2. The van der Waals surface area contributed by atoms with Gasteiger partial charge in [0.1, 0.15) is 11.2 Å². The van der Waals surface area contributed by atoms with Crippen molar-refractivity contribution in [2.24, 2.45) is 0 Å². The zero-order valence-corrected chi connectivity index (χ0v) is 22.4.